The number of likely N-dealkylation sites (N-methyl/N-ethyl adjacent to an activating group) is 1. The Morgan fingerprint density at radius 1 is 1.36 bits per heavy atom. The van der Waals surface area contributed by atoms with Crippen LogP contribution in [0.5, 0.6) is 0 Å². The van der Waals surface area contributed by atoms with Crippen LogP contribution in [0.25, 0.3) is 0 Å². The van der Waals surface area contributed by atoms with Crippen molar-refractivity contribution in [3.05, 3.63) is 39.4 Å². The molecular weight excluding hydrogens is 305 g/mol. The first-order valence-electron chi connectivity index (χ1n) is 6.16. The largest absolute Gasteiger partial charge is 0.416 e. The van der Waals surface area contributed by atoms with Crippen molar-refractivity contribution < 1.29 is 28.0 Å². The maximum absolute atomic E-state index is 12.6. The molecule has 0 aliphatic carbocycles. The highest BCUT2D eigenvalue weighted by atomic mass is 19.4. The molecule has 122 valence electrons. The quantitative estimate of drug-likeness (QED) is 0.682. The highest BCUT2D eigenvalue weighted by Crippen LogP contribution is 2.33. The number of carbonyl (C=O) groups is 1. The monoisotopic (exact) mass is 320 g/mol. The maximum atomic E-state index is 12.6. The highest BCUT2D eigenvalue weighted by Gasteiger charge is 2.34. The van der Waals surface area contributed by atoms with Crippen molar-refractivity contribution in [1.29, 1.82) is 0 Å². The van der Waals surface area contributed by atoms with E-state index < -0.39 is 39.4 Å². The first kappa shape index (κ1) is 17.9. The molecule has 9 heteroatoms. The topological polar surface area (TPSA) is 83.7 Å². The number of hydrogen-bond acceptors (Lipinski definition) is 4. The first-order valence-corrected chi connectivity index (χ1v) is 6.16. The fourth-order valence-electron chi connectivity index (χ4n) is 1.90. The Labute approximate surface area is 124 Å². The van der Waals surface area contributed by atoms with Crippen LogP contribution in [-0.4, -0.2) is 40.0 Å². The van der Waals surface area contributed by atoms with E-state index in [0.29, 0.717) is 12.1 Å². The Morgan fingerprint density at radius 2 is 1.91 bits per heavy atom. The van der Waals surface area contributed by atoms with Crippen LogP contribution >= 0.6 is 0 Å². The molecule has 22 heavy (non-hydrogen) atoms. The average molecular weight is 320 g/mol. The van der Waals surface area contributed by atoms with Gasteiger partial charge in [0.25, 0.3) is 11.6 Å². The van der Waals surface area contributed by atoms with Gasteiger partial charge in [0.05, 0.1) is 16.1 Å². The van der Waals surface area contributed by atoms with Gasteiger partial charge in [0.2, 0.25) is 0 Å². The third-order valence-corrected chi connectivity index (χ3v) is 2.72. The van der Waals surface area contributed by atoms with Gasteiger partial charge in [-0.2, -0.15) is 13.2 Å². The zero-order chi connectivity index (χ0) is 17.3. The summed E-state index contributed by atoms with van der Waals surface area (Å²) in [7, 11) is 1.29. The Balaban J connectivity index is 3.24. The fraction of sp³-hybridized carbons (Fsp3) is 0.462. The number of carbonyl (C=O) groups excluding carboxylic acids is 1. The van der Waals surface area contributed by atoms with Gasteiger partial charge in [0.1, 0.15) is 5.56 Å². The van der Waals surface area contributed by atoms with Crippen molar-refractivity contribution in [2.24, 2.45) is 0 Å². The lowest BCUT2D eigenvalue weighted by Crippen LogP contribution is -2.39. The maximum Gasteiger partial charge on any atom is 0.416 e. The van der Waals surface area contributed by atoms with Crippen molar-refractivity contribution in [3.63, 3.8) is 0 Å². The lowest BCUT2D eigenvalue weighted by atomic mass is 10.1. The Hall–Kier alpha value is -2.16. The van der Waals surface area contributed by atoms with E-state index in [2.05, 4.69) is 0 Å². The van der Waals surface area contributed by atoms with Crippen molar-refractivity contribution >= 4 is 11.6 Å². The van der Waals surface area contributed by atoms with Crippen molar-refractivity contribution in [2.75, 3.05) is 13.6 Å². The number of nitro benzene ring substituents is 1. The van der Waals surface area contributed by atoms with Crippen LogP contribution in [-0.2, 0) is 6.18 Å². The molecule has 0 heterocycles. The molecule has 0 aliphatic heterocycles. The van der Waals surface area contributed by atoms with Crippen LogP contribution in [0, 0.1) is 10.1 Å². The molecule has 0 saturated heterocycles. The zero-order valence-electron chi connectivity index (χ0n) is 12.1. The molecular formula is C13H15F3N2O4. The minimum atomic E-state index is -4.74. The molecule has 0 unspecified atom stereocenters. The summed E-state index contributed by atoms with van der Waals surface area (Å²) < 4.78 is 37.8. The summed E-state index contributed by atoms with van der Waals surface area (Å²) in [5.41, 5.74) is -3.85. The van der Waals surface area contributed by atoms with Gasteiger partial charge in [0, 0.05) is 19.7 Å². The summed E-state index contributed by atoms with van der Waals surface area (Å²) in [5, 5.41) is 20.6. The summed E-state index contributed by atoms with van der Waals surface area (Å²) in [6, 6.07) is 1.70. The van der Waals surface area contributed by atoms with Gasteiger partial charge in [-0.25, -0.2) is 0 Å². The molecule has 0 bridgehead atoms. The Bertz CT molecular complexity index is 594. The van der Waals surface area contributed by atoms with Crippen LogP contribution in [0.4, 0.5) is 18.9 Å². The number of hydrogen-bond donors (Lipinski definition) is 1. The number of nitro groups is 1. The molecule has 0 aromatic heterocycles. The normalized spacial score (nSPS) is 12.1. The molecule has 6 nitrogen and oxygen atoms in total. The van der Waals surface area contributed by atoms with Gasteiger partial charge in [-0.3, -0.25) is 14.9 Å². The third kappa shape index (κ3) is 4.42. The third-order valence-electron chi connectivity index (χ3n) is 2.72. The minimum Gasteiger partial charge on any atom is -0.389 e. The smallest absolute Gasteiger partial charge is 0.389 e. The van der Waals surface area contributed by atoms with Crippen molar-refractivity contribution in [3.8, 4) is 0 Å². The first-order chi connectivity index (χ1) is 9.83. The van der Waals surface area contributed by atoms with Gasteiger partial charge < -0.3 is 10.0 Å². The summed E-state index contributed by atoms with van der Waals surface area (Å²) in [4.78, 5) is 23.0. The van der Waals surface area contributed by atoms with Gasteiger partial charge in [-0.15, -0.1) is 0 Å². The predicted molar refractivity (Wildman–Crippen MR) is 71.4 cm³/mol. The van der Waals surface area contributed by atoms with E-state index in [1.165, 1.54) is 20.9 Å². The van der Waals surface area contributed by atoms with Gasteiger partial charge >= 0.3 is 6.18 Å². The van der Waals surface area contributed by atoms with Gasteiger partial charge in [-0.1, -0.05) is 0 Å². The number of alkyl halides is 3. The van der Waals surface area contributed by atoms with Crippen LogP contribution in [0.2, 0.25) is 0 Å². The molecule has 0 fully saturated rings. The van der Waals surface area contributed by atoms with E-state index in [1.54, 1.807) is 0 Å². The second-order valence-corrected chi connectivity index (χ2v) is 5.46. The van der Waals surface area contributed by atoms with E-state index in [9.17, 15) is 33.2 Å². The fourth-order valence-corrected chi connectivity index (χ4v) is 1.90. The van der Waals surface area contributed by atoms with Crippen LogP contribution in [0.1, 0.15) is 29.8 Å². The second-order valence-electron chi connectivity index (χ2n) is 5.46. The van der Waals surface area contributed by atoms with Crippen LogP contribution in [0.15, 0.2) is 18.2 Å². The molecule has 0 atom stereocenters. The predicted octanol–water partition coefficient (Wildman–Crippen LogP) is 2.46. The molecule has 0 radical (unpaired) electrons. The molecule has 0 aliphatic rings. The van der Waals surface area contributed by atoms with Gasteiger partial charge in [-0.05, 0) is 26.0 Å². The lowest BCUT2D eigenvalue weighted by Gasteiger charge is -2.25. The van der Waals surface area contributed by atoms with Crippen molar-refractivity contribution in [2.45, 2.75) is 25.6 Å². The number of rotatable bonds is 4. The minimum absolute atomic E-state index is 0.135. The van der Waals surface area contributed by atoms with Gasteiger partial charge in [0.15, 0.2) is 0 Å². The van der Waals surface area contributed by atoms with Crippen LogP contribution in [0.3, 0.4) is 0 Å². The van der Waals surface area contributed by atoms with E-state index in [-0.39, 0.29) is 6.54 Å². The number of benzene rings is 1. The molecule has 1 aromatic rings. The summed E-state index contributed by atoms with van der Waals surface area (Å²) in [6.07, 6.45) is -4.74. The Morgan fingerprint density at radius 3 is 2.32 bits per heavy atom. The summed E-state index contributed by atoms with van der Waals surface area (Å²) >= 11 is 0. The van der Waals surface area contributed by atoms with Crippen LogP contribution < -0.4 is 0 Å². The Kier molecular flexibility index (Phi) is 4.81. The second kappa shape index (κ2) is 5.91. The molecule has 1 aromatic carbocycles. The van der Waals surface area contributed by atoms with E-state index in [0.717, 1.165) is 11.0 Å². The van der Waals surface area contributed by atoms with Crippen molar-refractivity contribution in [1.82, 2.24) is 4.90 Å². The summed E-state index contributed by atoms with van der Waals surface area (Å²) in [6.45, 7) is 2.72. The summed E-state index contributed by atoms with van der Waals surface area (Å²) in [5.74, 6) is -0.845. The van der Waals surface area contributed by atoms with E-state index >= 15 is 0 Å². The molecule has 1 N–H and O–H groups in total. The molecule has 1 amide bonds. The number of nitrogens with zero attached hydrogens (tertiary/aromatic N) is 2. The number of amides is 1. The number of aliphatic hydroxyl groups is 1. The lowest BCUT2D eigenvalue weighted by molar-refractivity contribution is -0.385. The standard InChI is InChI=1S/C13H15F3N2O4/c1-12(2,20)7-17(3)11(19)9-5-4-8(13(14,15)16)6-10(9)18(21)22/h4-6,20H,7H2,1-3H3. The SMILES string of the molecule is CN(CC(C)(C)O)C(=O)c1ccc(C(F)(F)F)cc1[N+](=O)[O-]. The molecule has 0 spiro atoms. The molecule has 1 rings (SSSR count). The zero-order valence-corrected chi connectivity index (χ0v) is 12.1. The van der Waals surface area contributed by atoms with E-state index in [4.69, 9.17) is 0 Å². The highest BCUT2D eigenvalue weighted by molar-refractivity contribution is 5.98. The van der Waals surface area contributed by atoms with E-state index in [1.807, 2.05) is 0 Å². The average Bonchev–Trinajstić information content (AvgIpc) is 2.33. The molecule has 0 saturated carbocycles. The number of halogens is 3.